The number of alkyl halides is 3. The van der Waals surface area contributed by atoms with Crippen LogP contribution < -0.4 is 5.32 Å². The van der Waals surface area contributed by atoms with E-state index in [4.69, 9.17) is 0 Å². The van der Waals surface area contributed by atoms with E-state index in [0.29, 0.717) is 30.8 Å². The van der Waals surface area contributed by atoms with Crippen molar-refractivity contribution in [1.82, 2.24) is 24.9 Å². The van der Waals surface area contributed by atoms with Crippen molar-refractivity contribution in [1.29, 1.82) is 0 Å². The van der Waals surface area contributed by atoms with Crippen LogP contribution in [0.4, 0.5) is 13.2 Å². The van der Waals surface area contributed by atoms with E-state index < -0.39 is 11.9 Å². The summed E-state index contributed by atoms with van der Waals surface area (Å²) in [6, 6.07) is 8.23. The highest BCUT2D eigenvalue weighted by molar-refractivity contribution is 9.10. The van der Waals surface area contributed by atoms with E-state index in [9.17, 15) is 18.0 Å². The first-order valence-corrected chi connectivity index (χ1v) is 9.68. The molecule has 154 valence electrons. The molecular weight excluding hydrogens is 451 g/mol. The van der Waals surface area contributed by atoms with Crippen LogP contribution in [0.15, 0.2) is 47.2 Å². The molecule has 0 saturated carbocycles. The van der Waals surface area contributed by atoms with Crippen LogP contribution in [0.2, 0.25) is 0 Å². The lowest BCUT2D eigenvalue weighted by Crippen LogP contribution is -2.25. The van der Waals surface area contributed by atoms with Crippen LogP contribution in [0, 0.1) is 6.92 Å². The van der Waals surface area contributed by atoms with Gasteiger partial charge in [-0.3, -0.25) is 14.2 Å². The minimum atomic E-state index is -4.46. The van der Waals surface area contributed by atoms with Crippen molar-refractivity contribution >= 4 is 21.8 Å². The highest BCUT2D eigenvalue weighted by Crippen LogP contribution is 2.28. The SMILES string of the molecule is Cc1cc(C(F)(F)F)nn1CCCNC(=O)c1cccc(Cn2cc(Br)cn2)c1. The Hall–Kier alpha value is -2.62. The van der Waals surface area contributed by atoms with Gasteiger partial charge in [0.2, 0.25) is 0 Å². The molecule has 1 N–H and O–H groups in total. The molecule has 0 bridgehead atoms. The molecule has 3 rings (SSSR count). The third-order valence-corrected chi connectivity index (χ3v) is 4.65. The molecular formula is C19H19BrF3N5O. The quantitative estimate of drug-likeness (QED) is 0.531. The van der Waals surface area contributed by atoms with Gasteiger partial charge in [0.25, 0.3) is 5.91 Å². The lowest BCUT2D eigenvalue weighted by molar-refractivity contribution is -0.141. The Labute approximate surface area is 173 Å². The van der Waals surface area contributed by atoms with E-state index in [1.54, 1.807) is 36.0 Å². The Morgan fingerprint density at radius 2 is 2.07 bits per heavy atom. The van der Waals surface area contributed by atoms with Crippen molar-refractivity contribution in [3.63, 3.8) is 0 Å². The molecule has 6 nitrogen and oxygen atoms in total. The maximum Gasteiger partial charge on any atom is 0.435 e. The number of amides is 1. The van der Waals surface area contributed by atoms with Crippen LogP contribution in [0.5, 0.6) is 0 Å². The van der Waals surface area contributed by atoms with E-state index in [2.05, 4.69) is 31.4 Å². The molecule has 2 aromatic heterocycles. The molecule has 3 aromatic rings. The standard InChI is InChI=1S/C19H19BrF3N5O/c1-13-8-17(19(21,22)23)26-28(13)7-3-6-24-18(29)15-5-2-4-14(9-15)11-27-12-16(20)10-25-27/h2,4-5,8-10,12H,3,6-7,11H2,1H3,(H,24,29). The van der Waals surface area contributed by atoms with Gasteiger partial charge in [0.1, 0.15) is 0 Å². The molecule has 0 saturated heterocycles. The number of hydrogen-bond donors (Lipinski definition) is 1. The number of aryl methyl sites for hydroxylation is 2. The number of benzene rings is 1. The summed E-state index contributed by atoms with van der Waals surface area (Å²) in [4.78, 5) is 12.4. The molecule has 0 unspecified atom stereocenters. The number of carbonyl (C=O) groups is 1. The van der Waals surface area contributed by atoms with Crippen LogP contribution in [-0.4, -0.2) is 32.0 Å². The highest BCUT2D eigenvalue weighted by Gasteiger charge is 2.34. The zero-order chi connectivity index (χ0) is 21.0. The lowest BCUT2D eigenvalue weighted by Gasteiger charge is -2.08. The number of hydrogen-bond acceptors (Lipinski definition) is 3. The van der Waals surface area contributed by atoms with Gasteiger partial charge in [-0.2, -0.15) is 23.4 Å². The lowest BCUT2D eigenvalue weighted by atomic mass is 10.1. The average Bonchev–Trinajstić information content (AvgIpc) is 3.24. The Balaban J connectivity index is 1.51. The Morgan fingerprint density at radius 3 is 2.72 bits per heavy atom. The minimum Gasteiger partial charge on any atom is -0.352 e. The number of nitrogens with zero attached hydrogens (tertiary/aromatic N) is 4. The maximum absolute atomic E-state index is 12.7. The number of nitrogens with one attached hydrogen (secondary N) is 1. The second-order valence-corrected chi connectivity index (χ2v) is 7.47. The van der Waals surface area contributed by atoms with E-state index >= 15 is 0 Å². The molecule has 0 atom stereocenters. The van der Waals surface area contributed by atoms with E-state index in [0.717, 1.165) is 16.1 Å². The van der Waals surface area contributed by atoms with Crippen molar-refractivity contribution in [2.45, 2.75) is 32.6 Å². The summed E-state index contributed by atoms with van der Waals surface area (Å²) in [6.45, 7) is 2.73. The summed E-state index contributed by atoms with van der Waals surface area (Å²) in [5.41, 5.74) is 0.977. The second kappa shape index (κ2) is 8.81. The largest absolute Gasteiger partial charge is 0.435 e. The topological polar surface area (TPSA) is 64.7 Å². The zero-order valence-electron chi connectivity index (χ0n) is 15.6. The molecule has 0 radical (unpaired) electrons. The fraction of sp³-hybridized carbons (Fsp3) is 0.316. The molecule has 2 heterocycles. The third kappa shape index (κ3) is 5.69. The molecule has 1 amide bonds. The van der Waals surface area contributed by atoms with Crippen molar-refractivity contribution in [3.05, 3.63) is 69.7 Å². The van der Waals surface area contributed by atoms with Crippen molar-refractivity contribution in [2.75, 3.05) is 6.54 Å². The Bertz CT molecular complexity index is 996. The maximum atomic E-state index is 12.7. The second-order valence-electron chi connectivity index (χ2n) is 6.56. The van der Waals surface area contributed by atoms with Crippen molar-refractivity contribution in [3.8, 4) is 0 Å². The Morgan fingerprint density at radius 1 is 1.28 bits per heavy atom. The predicted octanol–water partition coefficient (Wildman–Crippen LogP) is 4.04. The Kier molecular flexibility index (Phi) is 6.41. The monoisotopic (exact) mass is 469 g/mol. The number of halogens is 4. The van der Waals surface area contributed by atoms with Gasteiger partial charge in [0.15, 0.2) is 5.69 Å². The van der Waals surface area contributed by atoms with Crippen LogP contribution >= 0.6 is 15.9 Å². The van der Waals surface area contributed by atoms with Gasteiger partial charge in [-0.1, -0.05) is 12.1 Å². The van der Waals surface area contributed by atoms with Gasteiger partial charge in [-0.05, 0) is 53.0 Å². The number of carbonyl (C=O) groups excluding carboxylic acids is 1. The first-order chi connectivity index (χ1) is 13.7. The summed E-state index contributed by atoms with van der Waals surface area (Å²) in [5, 5.41) is 10.6. The van der Waals surface area contributed by atoms with Crippen LogP contribution in [0.3, 0.4) is 0 Å². The van der Waals surface area contributed by atoms with Gasteiger partial charge >= 0.3 is 6.18 Å². The summed E-state index contributed by atoms with van der Waals surface area (Å²) < 4.78 is 42.0. The highest BCUT2D eigenvalue weighted by atomic mass is 79.9. The first kappa shape index (κ1) is 21.1. The number of aromatic nitrogens is 4. The van der Waals surface area contributed by atoms with Gasteiger partial charge < -0.3 is 5.32 Å². The van der Waals surface area contributed by atoms with E-state index in [1.165, 1.54) is 4.68 Å². The summed E-state index contributed by atoms with van der Waals surface area (Å²) in [5.74, 6) is -0.235. The van der Waals surface area contributed by atoms with Gasteiger partial charge in [0, 0.05) is 30.5 Å². The fourth-order valence-electron chi connectivity index (χ4n) is 2.83. The van der Waals surface area contributed by atoms with Gasteiger partial charge in [-0.15, -0.1) is 0 Å². The van der Waals surface area contributed by atoms with Crippen LogP contribution in [-0.2, 0) is 19.3 Å². The van der Waals surface area contributed by atoms with Gasteiger partial charge in [0.05, 0.1) is 17.2 Å². The molecule has 0 aliphatic carbocycles. The van der Waals surface area contributed by atoms with Crippen molar-refractivity contribution < 1.29 is 18.0 Å². The normalized spacial score (nSPS) is 11.6. The molecule has 29 heavy (non-hydrogen) atoms. The molecule has 0 aliphatic rings. The fourth-order valence-corrected chi connectivity index (χ4v) is 3.16. The molecule has 10 heteroatoms. The zero-order valence-corrected chi connectivity index (χ0v) is 17.2. The van der Waals surface area contributed by atoms with E-state index in [-0.39, 0.29) is 12.5 Å². The van der Waals surface area contributed by atoms with E-state index in [1.807, 2.05) is 12.3 Å². The number of rotatable bonds is 7. The minimum absolute atomic E-state index is 0.235. The summed E-state index contributed by atoms with van der Waals surface area (Å²) >= 11 is 3.34. The molecule has 0 spiro atoms. The summed E-state index contributed by atoms with van der Waals surface area (Å²) in [6.07, 6.45) is -0.460. The first-order valence-electron chi connectivity index (χ1n) is 8.89. The smallest absolute Gasteiger partial charge is 0.352 e. The average molecular weight is 470 g/mol. The van der Waals surface area contributed by atoms with Gasteiger partial charge in [-0.25, -0.2) is 0 Å². The molecule has 1 aromatic carbocycles. The third-order valence-electron chi connectivity index (χ3n) is 4.24. The summed E-state index contributed by atoms with van der Waals surface area (Å²) in [7, 11) is 0. The van der Waals surface area contributed by atoms with Crippen LogP contribution in [0.1, 0.15) is 33.7 Å². The van der Waals surface area contributed by atoms with Crippen molar-refractivity contribution in [2.24, 2.45) is 0 Å². The predicted molar refractivity (Wildman–Crippen MR) is 104 cm³/mol. The van der Waals surface area contributed by atoms with Crippen LogP contribution in [0.25, 0.3) is 0 Å². The molecule has 0 fully saturated rings. The molecule has 0 aliphatic heterocycles.